The van der Waals surface area contributed by atoms with E-state index in [1.165, 1.54) is 0 Å². The lowest BCUT2D eigenvalue weighted by Crippen LogP contribution is -2.25. The lowest BCUT2D eigenvalue weighted by molar-refractivity contribution is 0.0946. The summed E-state index contributed by atoms with van der Waals surface area (Å²) in [4.78, 5) is 21.2. The normalized spacial score (nSPS) is 10.8. The molecule has 29 heavy (non-hydrogen) atoms. The van der Waals surface area contributed by atoms with E-state index >= 15 is 0 Å². The molecule has 0 saturated heterocycles. The van der Waals surface area contributed by atoms with Crippen molar-refractivity contribution in [1.29, 1.82) is 0 Å². The van der Waals surface area contributed by atoms with Crippen molar-refractivity contribution in [3.05, 3.63) is 64.2 Å². The molecule has 0 aliphatic rings. The molecule has 152 valence electrons. The number of methoxy groups -OCH3 is 1. The Morgan fingerprint density at radius 1 is 1.21 bits per heavy atom. The van der Waals surface area contributed by atoms with Crippen molar-refractivity contribution in [1.82, 2.24) is 25.1 Å². The van der Waals surface area contributed by atoms with E-state index in [4.69, 9.17) is 21.1 Å². The van der Waals surface area contributed by atoms with Crippen LogP contribution in [0.15, 0.2) is 36.5 Å². The first-order chi connectivity index (χ1) is 14.0. The molecule has 8 nitrogen and oxygen atoms in total. The summed E-state index contributed by atoms with van der Waals surface area (Å²) in [7, 11) is 1.61. The van der Waals surface area contributed by atoms with Crippen LogP contribution in [0.4, 0.5) is 0 Å². The molecule has 0 aromatic carbocycles. The second-order valence-corrected chi connectivity index (χ2v) is 6.77. The van der Waals surface area contributed by atoms with Gasteiger partial charge in [-0.25, -0.2) is 14.6 Å². The number of carbonyl (C=O) groups excluding carboxylic acids is 1. The Bertz CT molecular complexity index is 988. The molecule has 0 fully saturated rings. The highest BCUT2D eigenvalue weighted by Crippen LogP contribution is 2.18. The number of hydrogen-bond donors (Lipinski definition) is 1. The van der Waals surface area contributed by atoms with Crippen LogP contribution in [0.25, 0.3) is 5.82 Å². The molecular weight excluding hydrogens is 394 g/mol. The maximum Gasteiger partial charge on any atom is 0.271 e. The van der Waals surface area contributed by atoms with E-state index in [1.807, 2.05) is 26.0 Å². The molecule has 0 spiro atoms. The zero-order chi connectivity index (χ0) is 20.8. The largest absolute Gasteiger partial charge is 0.475 e. The average Bonchev–Trinajstić information content (AvgIpc) is 3.05. The van der Waals surface area contributed by atoms with Crippen LogP contribution in [0.1, 0.15) is 27.4 Å². The molecular formula is C20H22ClN5O3. The van der Waals surface area contributed by atoms with E-state index in [9.17, 15) is 4.79 Å². The highest BCUT2D eigenvalue weighted by atomic mass is 35.5. The molecule has 3 aromatic heterocycles. The third-order valence-electron chi connectivity index (χ3n) is 4.06. The smallest absolute Gasteiger partial charge is 0.271 e. The lowest BCUT2D eigenvalue weighted by atomic mass is 10.2. The van der Waals surface area contributed by atoms with Gasteiger partial charge in [0.25, 0.3) is 5.91 Å². The third kappa shape index (κ3) is 5.30. The van der Waals surface area contributed by atoms with Crippen LogP contribution in [0.5, 0.6) is 5.88 Å². The summed E-state index contributed by atoms with van der Waals surface area (Å²) in [6.07, 6.45) is 1.64. The van der Waals surface area contributed by atoms with Gasteiger partial charge in [0.15, 0.2) is 5.82 Å². The van der Waals surface area contributed by atoms with Crippen molar-refractivity contribution in [3.8, 4) is 11.7 Å². The molecule has 0 saturated carbocycles. The minimum atomic E-state index is -0.376. The Morgan fingerprint density at radius 3 is 2.69 bits per heavy atom. The average molecular weight is 416 g/mol. The Morgan fingerprint density at radius 2 is 2.03 bits per heavy atom. The number of nitrogens with one attached hydrogen (secondary N) is 1. The van der Waals surface area contributed by atoms with Gasteiger partial charge in [0, 0.05) is 31.6 Å². The molecule has 1 N–H and O–H groups in total. The molecule has 0 radical (unpaired) electrons. The number of halogens is 1. The number of amides is 1. The van der Waals surface area contributed by atoms with E-state index in [0.717, 1.165) is 17.0 Å². The summed E-state index contributed by atoms with van der Waals surface area (Å²) in [6.45, 7) is 5.02. The summed E-state index contributed by atoms with van der Waals surface area (Å²) < 4.78 is 12.0. The zero-order valence-corrected chi connectivity index (χ0v) is 17.2. The van der Waals surface area contributed by atoms with E-state index in [2.05, 4.69) is 20.4 Å². The number of nitrogens with zero attached hydrogens (tertiary/aromatic N) is 4. The van der Waals surface area contributed by atoms with Gasteiger partial charge >= 0.3 is 0 Å². The highest BCUT2D eigenvalue weighted by molar-refractivity contribution is 6.33. The van der Waals surface area contributed by atoms with E-state index in [-0.39, 0.29) is 23.2 Å². The van der Waals surface area contributed by atoms with Crippen LogP contribution in [-0.4, -0.2) is 46.0 Å². The Labute approximate surface area is 173 Å². The van der Waals surface area contributed by atoms with Crippen molar-refractivity contribution >= 4 is 17.5 Å². The molecule has 3 rings (SSSR count). The second kappa shape index (κ2) is 9.49. The number of ether oxygens (including phenoxy) is 2. The topological polar surface area (TPSA) is 91.2 Å². The van der Waals surface area contributed by atoms with Gasteiger partial charge in [-0.15, -0.1) is 0 Å². The summed E-state index contributed by atoms with van der Waals surface area (Å²) in [5.41, 5.74) is 2.75. The van der Waals surface area contributed by atoms with Crippen LogP contribution in [-0.2, 0) is 11.3 Å². The van der Waals surface area contributed by atoms with Gasteiger partial charge in [0.05, 0.1) is 17.3 Å². The third-order valence-corrected chi connectivity index (χ3v) is 4.37. The van der Waals surface area contributed by atoms with Gasteiger partial charge in [-0.2, -0.15) is 5.10 Å². The van der Waals surface area contributed by atoms with Gasteiger partial charge in [-0.3, -0.25) is 4.79 Å². The Hall–Kier alpha value is -2.97. The summed E-state index contributed by atoms with van der Waals surface area (Å²) >= 11 is 6.19. The standard InChI is InChI=1S/C20H22ClN5O3/c1-13-10-14(2)26(25-13)17-6-5-16(21)19(24-17)20(27)23-12-15-4-7-18(22-11-15)29-9-8-28-3/h4-7,10-11H,8-9,12H2,1-3H3,(H,23,27). The number of aromatic nitrogens is 4. The van der Waals surface area contributed by atoms with Crippen molar-refractivity contribution < 1.29 is 14.3 Å². The molecule has 3 aromatic rings. The predicted molar refractivity (Wildman–Crippen MR) is 109 cm³/mol. The van der Waals surface area contributed by atoms with Crippen molar-refractivity contribution in [2.45, 2.75) is 20.4 Å². The zero-order valence-electron chi connectivity index (χ0n) is 16.5. The van der Waals surface area contributed by atoms with Gasteiger partial charge in [0.1, 0.15) is 12.3 Å². The van der Waals surface area contributed by atoms with Crippen LogP contribution in [0.2, 0.25) is 5.02 Å². The van der Waals surface area contributed by atoms with Gasteiger partial charge in [-0.05, 0) is 37.6 Å². The Balaban J connectivity index is 1.66. The van der Waals surface area contributed by atoms with Crippen molar-refractivity contribution in [2.75, 3.05) is 20.3 Å². The molecule has 0 bridgehead atoms. The van der Waals surface area contributed by atoms with Gasteiger partial charge in [-0.1, -0.05) is 17.7 Å². The predicted octanol–water partition coefficient (Wildman–Crippen LogP) is 2.89. The molecule has 9 heteroatoms. The van der Waals surface area contributed by atoms with Crippen LogP contribution < -0.4 is 10.1 Å². The van der Waals surface area contributed by atoms with Crippen LogP contribution >= 0.6 is 11.6 Å². The number of aryl methyl sites for hydroxylation is 2. The summed E-state index contributed by atoms with van der Waals surface area (Å²) in [6, 6.07) is 8.88. The number of rotatable bonds is 8. The van der Waals surface area contributed by atoms with E-state index < -0.39 is 0 Å². The minimum absolute atomic E-state index is 0.143. The lowest BCUT2D eigenvalue weighted by Gasteiger charge is -2.09. The first kappa shape index (κ1) is 20.8. The van der Waals surface area contributed by atoms with Gasteiger partial charge < -0.3 is 14.8 Å². The van der Waals surface area contributed by atoms with Crippen LogP contribution in [0.3, 0.4) is 0 Å². The summed E-state index contributed by atoms with van der Waals surface area (Å²) in [5, 5.41) is 7.47. The monoisotopic (exact) mass is 415 g/mol. The van der Waals surface area contributed by atoms with Gasteiger partial charge in [0.2, 0.25) is 5.88 Å². The SMILES string of the molecule is COCCOc1ccc(CNC(=O)c2nc(-n3nc(C)cc3C)ccc2Cl)cn1. The fourth-order valence-electron chi connectivity index (χ4n) is 2.67. The molecule has 1 amide bonds. The number of carbonyl (C=O) groups is 1. The van der Waals surface area contributed by atoms with Crippen molar-refractivity contribution in [3.63, 3.8) is 0 Å². The number of hydrogen-bond acceptors (Lipinski definition) is 6. The highest BCUT2D eigenvalue weighted by Gasteiger charge is 2.15. The Kier molecular flexibility index (Phi) is 6.79. The molecule has 3 heterocycles. The number of pyridine rings is 2. The second-order valence-electron chi connectivity index (χ2n) is 6.37. The van der Waals surface area contributed by atoms with Crippen LogP contribution in [0, 0.1) is 13.8 Å². The molecule has 0 atom stereocenters. The molecule has 0 aliphatic carbocycles. The van der Waals surface area contributed by atoms with Crippen molar-refractivity contribution in [2.24, 2.45) is 0 Å². The maximum absolute atomic E-state index is 12.6. The first-order valence-corrected chi connectivity index (χ1v) is 9.41. The summed E-state index contributed by atoms with van der Waals surface area (Å²) in [5.74, 6) is 0.655. The van der Waals surface area contributed by atoms with E-state index in [0.29, 0.717) is 24.9 Å². The first-order valence-electron chi connectivity index (χ1n) is 9.03. The molecule has 0 aliphatic heterocycles. The fourth-order valence-corrected chi connectivity index (χ4v) is 2.86. The maximum atomic E-state index is 12.6. The molecule has 0 unspecified atom stereocenters. The quantitative estimate of drug-likeness (QED) is 0.569. The van der Waals surface area contributed by atoms with E-state index in [1.54, 1.807) is 36.2 Å². The minimum Gasteiger partial charge on any atom is -0.475 e. The fraction of sp³-hybridized carbons (Fsp3) is 0.300.